The maximum absolute atomic E-state index is 11.8. The van der Waals surface area contributed by atoms with Crippen molar-refractivity contribution >= 4 is 17.7 Å². The van der Waals surface area contributed by atoms with Crippen LogP contribution in [0, 0.1) is 0 Å². The molecule has 0 aliphatic carbocycles. The van der Waals surface area contributed by atoms with Crippen molar-refractivity contribution in [2.75, 3.05) is 20.8 Å². The van der Waals surface area contributed by atoms with Gasteiger partial charge < -0.3 is 19.2 Å². The van der Waals surface area contributed by atoms with Gasteiger partial charge in [0.05, 0.1) is 19.5 Å². The number of amides is 1. The summed E-state index contributed by atoms with van der Waals surface area (Å²) in [6.45, 7) is 5.74. The van der Waals surface area contributed by atoms with Crippen LogP contribution in [0.2, 0.25) is 0 Å². The summed E-state index contributed by atoms with van der Waals surface area (Å²) < 4.78 is 16.1. The lowest BCUT2D eigenvalue weighted by Gasteiger charge is -2.07. The summed E-state index contributed by atoms with van der Waals surface area (Å²) in [5.41, 5.74) is 0.675. The fourth-order valence-electron chi connectivity index (χ4n) is 1.83. The molecule has 1 amide bonds. The van der Waals surface area contributed by atoms with Crippen molar-refractivity contribution in [3.8, 4) is 23.0 Å². The first kappa shape index (κ1) is 17.9. The van der Waals surface area contributed by atoms with Gasteiger partial charge in [0, 0.05) is 18.2 Å². The Morgan fingerprint density at radius 2 is 2.00 bits per heavy atom. The number of ether oxygens (including phenoxy) is 2. The SMILES string of the molecule is C=CCNC(=O)[C@H](C)Sc1nnc(-c2cc(OC)cc(OC)c2)o1. The fourth-order valence-corrected chi connectivity index (χ4v) is 2.53. The van der Waals surface area contributed by atoms with Gasteiger partial charge in [-0.15, -0.1) is 16.8 Å². The van der Waals surface area contributed by atoms with Crippen LogP contribution in [0.3, 0.4) is 0 Å². The minimum Gasteiger partial charge on any atom is -0.497 e. The Morgan fingerprint density at radius 3 is 2.58 bits per heavy atom. The van der Waals surface area contributed by atoms with Gasteiger partial charge in [0.1, 0.15) is 11.5 Å². The lowest BCUT2D eigenvalue weighted by molar-refractivity contribution is -0.120. The van der Waals surface area contributed by atoms with Crippen LogP contribution in [-0.2, 0) is 4.79 Å². The first-order valence-electron chi connectivity index (χ1n) is 7.19. The Hall–Kier alpha value is -2.48. The molecule has 0 unspecified atom stereocenters. The summed E-state index contributed by atoms with van der Waals surface area (Å²) in [7, 11) is 3.13. The van der Waals surface area contributed by atoms with Crippen LogP contribution in [0.25, 0.3) is 11.5 Å². The third-order valence-corrected chi connectivity index (χ3v) is 4.01. The van der Waals surface area contributed by atoms with E-state index in [4.69, 9.17) is 13.9 Å². The minimum absolute atomic E-state index is 0.123. The maximum Gasteiger partial charge on any atom is 0.277 e. The highest BCUT2D eigenvalue weighted by Gasteiger charge is 2.18. The summed E-state index contributed by atoms with van der Waals surface area (Å²) >= 11 is 1.19. The number of nitrogens with zero attached hydrogens (tertiary/aromatic N) is 2. The molecule has 1 N–H and O–H groups in total. The second-order valence-electron chi connectivity index (χ2n) is 4.77. The number of nitrogens with one attached hydrogen (secondary N) is 1. The quantitative estimate of drug-likeness (QED) is 0.579. The van der Waals surface area contributed by atoms with E-state index in [9.17, 15) is 4.79 Å². The van der Waals surface area contributed by atoms with Gasteiger partial charge in [0.25, 0.3) is 5.22 Å². The molecule has 0 aliphatic heterocycles. The van der Waals surface area contributed by atoms with Crippen molar-refractivity contribution in [1.82, 2.24) is 15.5 Å². The van der Waals surface area contributed by atoms with Gasteiger partial charge in [-0.3, -0.25) is 4.79 Å². The first-order valence-corrected chi connectivity index (χ1v) is 8.07. The zero-order valence-electron chi connectivity index (χ0n) is 13.7. The van der Waals surface area contributed by atoms with E-state index in [0.717, 1.165) is 0 Å². The van der Waals surface area contributed by atoms with Gasteiger partial charge in [-0.05, 0) is 19.1 Å². The van der Waals surface area contributed by atoms with Crippen molar-refractivity contribution in [2.45, 2.75) is 17.4 Å². The van der Waals surface area contributed by atoms with Crippen molar-refractivity contribution in [2.24, 2.45) is 0 Å². The van der Waals surface area contributed by atoms with Crippen LogP contribution >= 0.6 is 11.8 Å². The molecule has 1 aromatic heterocycles. The second kappa shape index (κ2) is 8.39. The van der Waals surface area contributed by atoms with Crippen molar-refractivity contribution in [3.63, 3.8) is 0 Å². The van der Waals surface area contributed by atoms with E-state index in [0.29, 0.717) is 34.7 Å². The standard InChI is InChI=1S/C16H19N3O4S/c1-5-6-17-14(20)10(2)24-16-19-18-15(23-16)11-7-12(21-3)9-13(8-11)22-4/h5,7-10H,1,6H2,2-4H3,(H,17,20)/t10-/m0/s1. The second-order valence-corrected chi connectivity index (χ2v) is 6.06. The fraction of sp³-hybridized carbons (Fsp3) is 0.312. The number of rotatable bonds is 8. The molecule has 1 atom stereocenters. The highest BCUT2D eigenvalue weighted by atomic mass is 32.2. The summed E-state index contributed by atoms with van der Waals surface area (Å²) in [5, 5.41) is 10.7. The predicted octanol–water partition coefficient (Wildman–Crippen LogP) is 2.54. The van der Waals surface area contributed by atoms with Gasteiger partial charge in [-0.25, -0.2) is 0 Å². The van der Waals surface area contributed by atoms with Crippen molar-refractivity contribution in [1.29, 1.82) is 0 Å². The average Bonchev–Trinajstić information content (AvgIpc) is 3.07. The van der Waals surface area contributed by atoms with E-state index in [2.05, 4.69) is 22.1 Å². The van der Waals surface area contributed by atoms with Gasteiger partial charge >= 0.3 is 0 Å². The van der Waals surface area contributed by atoms with Crippen LogP contribution in [-0.4, -0.2) is 42.1 Å². The van der Waals surface area contributed by atoms with Gasteiger partial charge in [-0.1, -0.05) is 17.8 Å². The lowest BCUT2D eigenvalue weighted by Crippen LogP contribution is -2.30. The highest BCUT2D eigenvalue weighted by molar-refractivity contribution is 8.00. The van der Waals surface area contributed by atoms with E-state index in [1.54, 1.807) is 45.4 Å². The Kier molecular flexibility index (Phi) is 6.25. The molecule has 0 bridgehead atoms. The number of hydrogen-bond acceptors (Lipinski definition) is 7. The molecule has 0 aliphatic rings. The summed E-state index contributed by atoms with van der Waals surface area (Å²) in [5.74, 6) is 1.44. The molecular weight excluding hydrogens is 330 g/mol. The van der Waals surface area contributed by atoms with E-state index >= 15 is 0 Å². The number of thioether (sulfide) groups is 1. The summed E-state index contributed by atoms with van der Waals surface area (Å²) in [4.78, 5) is 11.8. The summed E-state index contributed by atoms with van der Waals surface area (Å²) in [6, 6.07) is 5.29. The third-order valence-electron chi connectivity index (χ3n) is 3.07. The lowest BCUT2D eigenvalue weighted by atomic mass is 10.2. The van der Waals surface area contributed by atoms with Crippen LogP contribution in [0.1, 0.15) is 6.92 Å². The van der Waals surface area contributed by atoms with Gasteiger partial charge in [-0.2, -0.15) is 0 Å². The molecule has 2 rings (SSSR count). The highest BCUT2D eigenvalue weighted by Crippen LogP contribution is 2.31. The zero-order valence-corrected chi connectivity index (χ0v) is 14.6. The largest absolute Gasteiger partial charge is 0.497 e. The molecule has 24 heavy (non-hydrogen) atoms. The zero-order chi connectivity index (χ0) is 17.5. The van der Waals surface area contributed by atoms with Crippen LogP contribution < -0.4 is 14.8 Å². The van der Waals surface area contributed by atoms with Gasteiger partial charge in [0.2, 0.25) is 11.8 Å². The van der Waals surface area contributed by atoms with Crippen molar-refractivity contribution < 1.29 is 18.7 Å². The molecule has 1 aromatic carbocycles. The monoisotopic (exact) mass is 349 g/mol. The predicted molar refractivity (Wildman–Crippen MR) is 91.4 cm³/mol. The number of benzene rings is 1. The number of carbonyl (C=O) groups is 1. The molecular formula is C16H19N3O4S. The van der Waals surface area contributed by atoms with Crippen molar-refractivity contribution in [3.05, 3.63) is 30.9 Å². The van der Waals surface area contributed by atoms with Crippen LogP contribution in [0.4, 0.5) is 0 Å². The van der Waals surface area contributed by atoms with Crippen LogP contribution in [0.5, 0.6) is 11.5 Å². The number of aromatic nitrogens is 2. The summed E-state index contributed by atoms with van der Waals surface area (Å²) in [6.07, 6.45) is 1.62. The molecule has 1 heterocycles. The van der Waals surface area contributed by atoms with E-state index < -0.39 is 0 Å². The number of carbonyl (C=O) groups excluding carboxylic acids is 1. The van der Waals surface area contributed by atoms with Crippen LogP contribution in [0.15, 0.2) is 40.5 Å². The van der Waals surface area contributed by atoms with Gasteiger partial charge in [0.15, 0.2) is 0 Å². The molecule has 7 nitrogen and oxygen atoms in total. The maximum atomic E-state index is 11.8. The molecule has 0 saturated heterocycles. The Morgan fingerprint density at radius 1 is 1.33 bits per heavy atom. The minimum atomic E-state index is -0.363. The molecule has 8 heteroatoms. The molecule has 0 fully saturated rings. The first-order chi connectivity index (χ1) is 11.6. The van der Waals surface area contributed by atoms with E-state index in [1.165, 1.54) is 11.8 Å². The smallest absolute Gasteiger partial charge is 0.277 e. The Balaban J connectivity index is 2.13. The number of hydrogen-bond donors (Lipinski definition) is 1. The average molecular weight is 349 g/mol. The van der Waals surface area contributed by atoms with E-state index in [1.807, 2.05) is 0 Å². The molecule has 0 saturated carbocycles. The third kappa shape index (κ3) is 4.51. The van der Waals surface area contributed by atoms with E-state index in [-0.39, 0.29) is 11.2 Å². The topological polar surface area (TPSA) is 86.5 Å². The molecule has 0 radical (unpaired) electrons. The number of methoxy groups -OCH3 is 2. The normalized spacial score (nSPS) is 11.6. The molecule has 128 valence electrons. The Labute approximate surface area is 144 Å². The Bertz CT molecular complexity index is 695. The molecule has 2 aromatic rings. The molecule has 0 spiro atoms.